The number of fused-ring (bicyclic) bond motifs is 1. The Bertz CT molecular complexity index is 2080. The Morgan fingerprint density at radius 2 is 1.87 bits per heavy atom. The number of hydrogen-bond acceptors (Lipinski definition) is 9. The number of anilines is 1. The summed E-state index contributed by atoms with van der Waals surface area (Å²) in [7, 11) is 1.79. The Morgan fingerprint density at radius 1 is 1.17 bits per heavy atom. The number of aliphatic hydroxyl groups excluding tert-OH is 1. The lowest BCUT2D eigenvalue weighted by Crippen LogP contribution is -2.37. The van der Waals surface area contributed by atoms with E-state index in [9.17, 15) is 23.8 Å². The van der Waals surface area contributed by atoms with Crippen molar-refractivity contribution >= 4 is 51.9 Å². The third kappa shape index (κ3) is 9.49. The average Bonchev–Trinajstić information content (AvgIpc) is 3.88. The maximum atomic E-state index is 14.5. The molecule has 2 heterocycles. The number of nitrogens with one attached hydrogen (secondary N) is 4. The van der Waals surface area contributed by atoms with Gasteiger partial charge in [0.1, 0.15) is 22.9 Å². The zero-order valence-electron chi connectivity index (χ0n) is 29.6. The summed E-state index contributed by atoms with van der Waals surface area (Å²) in [6.07, 6.45) is 3.96. The van der Waals surface area contributed by atoms with Crippen molar-refractivity contribution in [3.8, 4) is 23.0 Å². The second-order valence-electron chi connectivity index (χ2n) is 13.3. The molecule has 52 heavy (non-hydrogen) atoms. The van der Waals surface area contributed by atoms with E-state index in [1.807, 2.05) is 12.3 Å². The van der Waals surface area contributed by atoms with Crippen molar-refractivity contribution in [3.05, 3.63) is 87.3 Å². The maximum absolute atomic E-state index is 14.5. The van der Waals surface area contributed by atoms with Gasteiger partial charge in [-0.2, -0.15) is 5.10 Å². The van der Waals surface area contributed by atoms with Gasteiger partial charge in [-0.25, -0.2) is 13.8 Å². The Balaban J connectivity index is 1.63. The molecular formula is C38H42ClF2N7O3S. The third-order valence-electron chi connectivity index (χ3n) is 8.51. The molecule has 1 unspecified atom stereocenters. The molecule has 2 aromatic carbocycles. The number of nitrogens with zero attached hydrogens (tertiary/aromatic N) is 3. The number of allylic oxidation sites excluding steroid dienone is 1. The number of hydrogen-bond donors (Lipinski definition) is 6. The van der Waals surface area contributed by atoms with Crippen LogP contribution in [0.3, 0.4) is 0 Å². The van der Waals surface area contributed by atoms with Gasteiger partial charge in [-0.1, -0.05) is 35.5 Å². The summed E-state index contributed by atoms with van der Waals surface area (Å²) in [6.45, 7) is 4.55. The molecule has 0 radical (unpaired) electrons. The highest BCUT2D eigenvalue weighted by Gasteiger charge is 2.30. The van der Waals surface area contributed by atoms with Crippen molar-refractivity contribution in [2.45, 2.75) is 58.1 Å². The first-order valence-corrected chi connectivity index (χ1v) is 18.4. The second-order valence-corrected chi connectivity index (χ2v) is 14.3. The van der Waals surface area contributed by atoms with Gasteiger partial charge < -0.3 is 31.0 Å². The smallest absolute Gasteiger partial charge is 0.239 e. The zero-order valence-corrected chi connectivity index (χ0v) is 31.2. The van der Waals surface area contributed by atoms with Crippen LogP contribution in [-0.2, 0) is 18.3 Å². The molecule has 0 bridgehead atoms. The minimum Gasteiger partial charge on any atom is -0.396 e. The predicted octanol–water partition coefficient (Wildman–Crippen LogP) is 6.45. The number of rotatable bonds is 14. The number of benzene rings is 2. The lowest BCUT2D eigenvalue weighted by atomic mass is 9.93. The van der Waals surface area contributed by atoms with Crippen molar-refractivity contribution in [1.29, 1.82) is 5.41 Å². The monoisotopic (exact) mass is 749 g/mol. The van der Waals surface area contributed by atoms with Crippen LogP contribution in [0.4, 0.5) is 14.6 Å². The molecule has 0 saturated heterocycles. The molecule has 1 fully saturated rings. The van der Waals surface area contributed by atoms with E-state index < -0.39 is 29.2 Å². The fraction of sp³-hybridized carbons (Fsp3) is 0.368. The number of aromatic nitrogens is 3. The van der Waals surface area contributed by atoms with Gasteiger partial charge in [0.05, 0.1) is 34.2 Å². The van der Waals surface area contributed by atoms with E-state index in [1.165, 1.54) is 24.1 Å². The van der Waals surface area contributed by atoms with Gasteiger partial charge in [-0.15, -0.1) is 0 Å². The van der Waals surface area contributed by atoms with Crippen molar-refractivity contribution < 1.29 is 23.8 Å². The molecule has 10 nitrogen and oxygen atoms in total. The predicted molar refractivity (Wildman–Crippen MR) is 203 cm³/mol. The number of pyridine rings is 1. The summed E-state index contributed by atoms with van der Waals surface area (Å²) in [5, 5.41) is 40.4. The molecule has 274 valence electrons. The van der Waals surface area contributed by atoms with E-state index >= 15 is 0 Å². The number of aryl methyl sites for hydroxylation is 1. The average molecular weight is 750 g/mol. The highest BCUT2D eigenvalue weighted by Crippen LogP contribution is 2.40. The van der Waals surface area contributed by atoms with E-state index in [0.29, 0.717) is 61.2 Å². The summed E-state index contributed by atoms with van der Waals surface area (Å²) < 4.78 is 33.9. The van der Waals surface area contributed by atoms with E-state index in [4.69, 9.17) is 22.0 Å². The molecule has 1 amide bonds. The molecule has 0 spiro atoms. The van der Waals surface area contributed by atoms with Crippen LogP contribution in [0.25, 0.3) is 22.0 Å². The molecular weight excluding hydrogens is 708 g/mol. The number of aliphatic hydroxyl groups is 2. The molecule has 5 rings (SSSR count). The van der Waals surface area contributed by atoms with E-state index in [2.05, 4.69) is 32.3 Å². The lowest BCUT2D eigenvalue weighted by molar-refractivity contribution is -0.120. The van der Waals surface area contributed by atoms with Crippen LogP contribution in [0.2, 0.25) is 5.02 Å². The largest absolute Gasteiger partial charge is 0.396 e. The Kier molecular flexibility index (Phi) is 12.3. The fourth-order valence-corrected chi connectivity index (χ4v) is 6.60. The maximum Gasteiger partial charge on any atom is 0.239 e. The van der Waals surface area contributed by atoms with Gasteiger partial charge in [0.15, 0.2) is 5.82 Å². The van der Waals surface area contributed by atoms with Crippen LogP contribution in [0.1, 0.15) is 63.0 Å². The van der Waals surface area contributed by atoms with Crippen LogP contribution >= 0.6 is 23.5 Å². The van der Waals surface area contributed by atoms with Gasteiger partial charge in [0.25, 0.3) is 0 Å². The van der Waals surface area contributed by atoms with Crippen LogP contribution in [0, 0.1) is 34.8 Å². The topological polar surface area (TPSA) is 148 Å². The van der Waals surface area contributed by atoms with E-state index in [1.54, 1.807) is 50.7 Å². The minimum atomic E-state index is -1.31. The molecule has 1 aliphatic rings. The summed E-state index contributed by atoms with van der Waals surface area (Å²) in [6, 6.07) is 9.33. The second kappa shape index (κ2) is 16.5. The molecule has 4 aromatic rings. The standard InChI is InChI=1S/C38H42ClF2N7O3S/c1-21(27(13-15-49)34(42)23-6-7-23)43-20-32(50)45-31(18-22-16-24(40)19-25(41)17-22)35-28(9-8-26(44-35)12-14-38(2,3)51)29-10-11-30(39)33-36(29)48(4)46-37(33)47-52-5/h8-11,16-17,19,23,31,42-43,49,51H,6-7,13,15,18,20H2,1-5H3,(H,45,50)(H,46,47)/b27-21-,42-34?. The first kappa shape index (κ1) is 38.7. The number of halogens is 3. The quantitative estimate of drug-likeness (QED) is 0.0490. The zero-order chi connectivity index (χ0) is 37.7. The summed E-state index contributed by atoms with van der Waals surface area (Å²) >= 11 is 8.07. The number of amides is 1. The summed E-state index contributed by atoms with van der Waals surface area (Å²) in [5.74, 6) is 4.42. The highest BCUT2D eigenvalue weighted by atomic mass is 35.5. The highest BCUT2D eigenvalue weighted by molar-refractivity contribution is 7.99. The first-order valence-electron chi connectivity index (χ1n) is 16.8. The Labute approximate surface area is 311 Å². The summed E-state index contributed by atoms with van der Waals surface area (Å²) in [5.41, 5.74) is 3.32. The van der Waals surface area contributed by atoms with Crippen molar-refractivity contribution in [1.82, 2.24) is 25.4 Å². The molecule has 2 aromatic heterocycles. The normalized spacial score (nSPS) is 14.0. The fourth-order valence-electron chi connectivity index (χ4n) is 6.02. The van der Waals surface area contributed by atoms with Crippen molar-refractivity contribution in [3.63, 3.8) is 0 Å². The van der Waals surface area contributed by atoms with Crippen LogP contribution < -0.4 is 15.4 Å². The lowest BCUT2D eigenvalue weighted by Gasteiger charge is -2.23. The number of carbonyl (C=O) groups excluding carboxylic acids is 1. The van der Waals surface area contributed by atoms with Crippen LogP contribution in [-0.4, -0.2) is 61.6 Å². The molecule has 1 saturated carbocycles. The first-order chi connectivity index (χ1) is 24.7. The van der Waals surface area contributed by atoms with E-state index in [0.717, 1.165) is 18.9 Å². The van der Waals surface area contributed by atoms with Gasteiger partial charge in [-0.05, 0) is 93.8 Å². The Morgan fingerprint density at radius 3 is 2.50 bits per heavy atom. The molecule has 1 atom stereocenters. The summed E-state index contributed by atoms with van der Waals surface area (Å²) in [4.78, 5) is 18.6. The van der Waals surface area contributed by atoms with Crippen molar-refractivity contribution in [2.75, 3.05) is 24.1 Å². The molecule has 14 heteroatoms. The molecule has 6 N–H and O–H groups in total. The van der Waals surface area contributed by atoms with Gasteiger partial charge in [0, 0.05) is 54.4 Å². The van der Waals surface area contributed by atoms with Gasteiger partial charge in [0.2, 0.25) is 5.91 Å². The molecule has 0 aliphatic heterocycles. The van der Waals surface area contributed by atoms with Gasteiger partial charge in [-0.3, -0.25) is 9.48 Å². The van der Waals surface area contributed by atoms with Crippen LogP contribution in [0.5, 0.6) is 0 Å². The van der Waals surface area contributed by atoms with Crippen LogP contribution in [0.15, 0.2) is 53.7 Å². The van der Waals surface area contributed by atoms with Gasteiger partial charge >= 0.3 is 0 Å². The molecule has 1 aliphatic carbocycles. The minimum absolute atomic E-state index is 0.0406. The van der Waals surface area contributed by atoms with Crippen molar-refractivity contribution in [2.24, 2.45) is 13.0 Å². The third-order valence-corrected chi connectivity index (χ3v) is 9.23. The Hall–Kier alpha value is -4.48. The van der Waals surface area contributed by atoms with E-state index in [-0.39, 0.29) is 37.5 Å². The number of carbonyl (C=O) groups is 1. The SMILES string of the molecule is CSNc1nn(C)c2c(-c3ccc(C#CC(C)(C)O)nc3C(Cc3cc(F)cc(F)c3)NC(=O)CN/C(C)=C(/CCO)C(=N)C3CC3)ccc(Cl)c12.